The normalized spacial score (nSPS) is 17.8. The summed E-state index contributed by atoms with van der Waals surface area (Å²) in [6.07, 6.45) is 5.95. The van der Waals surface area contributed by atoms with E-state index in [2.05, 4.69) is 21.2 Å². The Morgan fingerprint density at radius 2 is 1.40 bits per heavy atom. The van der Waals surface area contributed by atoms with Crippen molar-refractivity contribution < 1.29 is 29.9 Å². The van der Waals surface area contributed by atoms with E-state index in [4.69, 9.17) is 25.4 Å². The number of aromatic hydroxyl groups is 2. The van der Waals surface area contributed by atoms with Crippen LogP contribution in [0, 0.1) is 0 Å². The summed E-state index contributed by atoms with van der Waals surface area (Å²) in [5.74, 6) is 2.15. The molecule has 0 aromatic heterocycles. The lowest BCUT2D eigenvalue weighted by molar-refractivity contribution is 0.169. The standard InChI is InChI=1S/C13H19NO3.C10H11BrO2.C3H9NO/c15-7-1-6-14-9-12-5-3-10-2-4-11(16)8-13(10)17-12;11-6-9-4-2-7-1-3-8(12)5-10(7)13-9;4-2-1-3-5/h2,4,8,12,14-16H,1,3,5-7,9H2;1,3,5,9,12H,2,4,6H2;5H,1-4H2. The van der Waals surface area contributed by atoms with Crippen LogP contribution in [0.1, 0.15) is 36.8 Å². The summed E-state index contributed by atoms with van der Waals surface area (Å²) in [5, 5.41) is 39.4. The summed E-state index contributed by atoms with van der Waals surface area (Å²) in [5.41, 5.74) is 7.33. The smallest absolute Gasteiger partial charge is 0.126 e. The van der Waals surface area contributed by atoms with Crippen LogP contribution in [0.5, 0.6) is 23.0 Å². The molecule has 2 atom stereocenters. The van der Waals surface area contributed by atoms with Crippen LogP contribution in [0.2, 0.25) is 0 Å². The molecule has 0 aliphatic carbocycles. The van der Waals surface area contributed by atoms with Gasteiger partial charge in [0.1, 0.15) is 35.2 Å². The van der Waals surface area contributed by atoms with Gasteiger partial charge < -0.3 is 41.0 Å². The lowest BCUT2D eigenvalue weighted by Crippen LogP contribution is -2.34. The van der Waals surface area contributed by atoms with Crippen molar-refractivity contribution in [1.29, 1.82) is 0 Å². The number of fused-ring (bicyclic) bond motifs is 2. The fourth-order valence-corrected chi connectivity index (χ4v) is 4.10. The van der Waals surface area contributed by atoms with Crippen LogP contribution in [0.15, 0.2) is 36.4 Å². The predicted molar refractivity (Wildman–Crippen MR) is 141 cm³/mol. The second-order valence-electron chi connectivity index (χ2n) is 8.44. The highest BCUT2D eigenvalue weighted by Crippen LogP contribution is 2.31. The second kappa shape index (κ2) is 16.6. The minimum Gasteiger partial charge on any atom is -0.508 e. The number of hydrogen-bond acceptors (Lipinski definition) is 8. The highest BCUT2D eigenvalue weighted by Gasteiger charge is 2.20. The zero-order valence-corrected chi connectivity index (χ0v) is 21.8. The van der Waals surface area contributed by atoms with Crippen molar-refractivity contribution in [2.24, 2.45) is 5.73 Å². The first kappa shape index (κ1) is 29.2. The maximum absolute atomic E-state index is 9.40. The molecule has 0 saturated carbocycles. The number of aliphatic hydroxyl groups is 2. The molecule has 0 fully saturated rings. The number of phenolic OH excluding ortho intramolecular Hbond substituents is 2. The third-order valence-corrected chi connectivity index (χ3v) is 6.30. The van der Waals surface area contributed by atoms with Crippen molar-refractivity contribution in [1.82, 2.24) is 5.32 Å². The molecule has 7 N–H and O–H groups in total. The Morgan fingerprint density at radius 1 is 0.857 bits per heavy atom. The molecule has 2 heterocycles. The molecule has 2 aromatic carbocycles. The molecule has 4 rings (SSSR count). The van der Waals surface area contributed by atoms with E-state index < -0.39 is 0 Å². The van der Waals surface area contributed by atoms with Crippen molar-refractivity contribution in [3.63, 3.8) is 0 Å². The van der Waals surface area contributed by atoms with Crippen molar-refractivity contribution >= 4 is 15.9 Å². The maximum Gasteiger partial charge on any atom is 0.126 e. The summed E-state index contributed by atoms with van der Waals surface area (Å²) in [6, 6.07) is 10.6. The van der Waals surface area contributed by atoms with Crippen LogP contribution in [-0.2, 0) is 12.8 Å². The van der Waals surface area contributed by atoms with Gasteiger partial charge in [-0.2, -0.15) is 0 Å². The highest BCUT2D eigenvalue weighted by atomic mass is 79.9. The molecule has 0 bridgehead atoms. The molecular formula is C26H39BrN2O6. The molecule has 0 radical (unpaired) electrons. The zero-order valence-electron chi connectivity index (χ0n) is 20.2. The lowest BCUT2D eigenvalue weighted by Gasteiger charge is -2.26. The fraction of sp³-hybridized carbons (Fsp3) is 0.538. The SMILES string of the molecule is NCCCO.OCCCNCC1CCc2ccc(O)cc2O1.Oc1ccc2c(c1)OC(CBr)CC2. The molecule has 196 valence electrons. The second-order valence-corrected chi connectivity index (χ2v) is 9.09. The topological polar surface area (TPSA) is 137 Å². The van der Waals surface area contributed by atoms with E-state index in [0.717, 1.165) is 74.0 Å². The van der Waals surface area contributed by atoms with E-state index in [-0.39, 0.29) is 36.9 Å². The molecule has 35 heavy (non-hydrogen) atoms. The summed E-state index contributed by atoms with van der Waals surface area (Å²) < 4.78 is 11.5. The van der Waals surface area contributed by atoms with Crippen molar-refractivity contribution in [2.75, 3.05) is 38.2 Å². The molecule has 2 unspecified atom stereocenters. The van der Waals surface area contributed by atoms with E-state index in [0.29, 0.717) is 6.54 Å². The number of halogens is 1. The lowest BCUT2D eigenvalue weighted by atomic mass is 10.0. The van der Waals surface area contributed by atoms with Crippen molar-refractivity contribution in [3.05, 3.63) is 47.5 Å². The fourth-order valence-electron chi connectivity index (χ4n) is 3.64. The maximum atomic E-state index is 9.40. The number of benzene rings is 2. The number of rotatable bonds is 8. The van der Waals surface area contributed by atoms with Gasteiger partial charge >= 0.3 is 0 Å². The zero-order chi connectivity index (χ0) is 25.5. The van der Waals surface area contributed by atoms with Crippen LogP contribution in [0.3, 0.4) is 0 Å². The number of phenols is 2. The third-order valence-electron chi connectivity index (χ3n) is 5.58. The van der Waals surface area contributed by atoms with Gasteiger partial charge in [-0.15, -0.1) is 0 Å². The first-order valence-electron chi connectivity index (χ1n) is 12.2. The average Bonchev–Trinajstić information content (AvgIpc) is 2.87. The first-order valence-corrected chi connectivity index (χ1v) is 13.3. The van der Waals surface area contributed by atoms with Crippen LogP contribution in [-0.4, -0.2) is 70.8 Å². The van der Waals surface area contributed by atoms with E-state index in [1.807, 2.05) is 12.1 Å². The molecule has 0 amide bonds. The molecule has 2 aliphatic rings. The number of aliphatic hydroxyl groups excluding tert-OH is 2. The number of hydrogen-bond donors (Lipinski definition) is 6. The molecule has 2 aliphatic heterocycles. The Bertz CT molecular complexity index is 868. The van der Waals surface area contributed by atoms with Crippen molar-refractivity contribution in [3.8, 4) is 23.0 Å². The monoisotopic (exact) mass is 554 g/mol. The molecule has 8 nitrogen and oxygen atoms in total. The Labute approximate surface area is 216 Å². The van der Waals surface area contributed by atoms with Gasteiger partial charge in [0.25, 0.3) is 0 Å². The van der Waals surface area contributed by atoms with Gasteiger partial charge in [-0.05, 0) is 74.9 Å². The summed E-state index contributed by atoms with van der Waals surface area (Å²) in [7, 11) is 0. The predicted octanol–water partition coefficient (Wildman–Crippen LogP) is 2.87. The number of ether oxygens (including phenoxy) is 2. The molecule has 2 aromatic rings. The van der Waals surface area contributed by atoms with Gasteiger partial charge in [-0.3, -0.25) is 0 Å². The van der Waals surface area contributed by atoms with E-state index in [1.54, 1.807) is 24.3 Å². The summed E-state index contributed by atoms with van der Waals surface area (Å²) in [6.45, 7) is 2.63. The molecule has 9 heteroatoms. The highest BCUT2D eigenvalue weighted by molar-refractivity contribution is 9.09. The van der Waals surface area contributed by atoms with Gasteiger partial charge in [0.15, 0.2) is 0 Å². The van der Waals surface area contributed by atoms with Gasteiger partial charge in [0.2, 0.25) is 0 Å². The average molecular weight is 556 g/mol. The summed E-state index contributed by atoms with van der Waals surface area (Å²) >= 11 is 3.39. The number of nitrogens with two attached hydrogens (primary N) is 1. The van der Waals surface area contributed by atoms with E-state index >= 15 is 0 Å². The number of alkyl halides is 1. The van der Waals surface area contributed by atoms with Gasteiger partial charge in [-0.1, -0.05) is 28.1 Å². The van der Waals surface area contributed by atoms with Crippen LogP contribution >= 0.6 is 15.9 Å². The van der Waals surface area contributed by atoms with Gasteiger partial charge in [0, 0.05) is 37.2 Å². The minimum absolute atomic E-state index is 0.156. The Morgan fingerprint density at radius 3 is 1.89 bits per heavy atom. The van der Waals surface area contributed by atoms with Gasteiger partial charge in [-0.25, -0.2) is 0 Å². The largest absolute Gasteiger partial charge is 0.508 e. The number of aryl methyl sites for hydroxylation is 2. The van der Waals surface area contributed by atoms with Gasteiger partial charge in [0.05, 0.1) is 0 Å². The summed E-state index contributed by atoms with van der Waals surface area (Å²) in [4.78, 5) is 0. The molecular weight excluding hydrogens is 516 g/mol. The minimum atomic E-state index is 0.156. The van der Waals surface area contributed by atoms with Crippen molar-refractivity contribution in [2.45, 2.75) is 50.7 Å². The Kier molecular flexibility index (Phi) is 13.8. The van der Waals surface area contributed by atoms with E-state index in [1.165, 1.54) is 5.56 Å². The van der Waals surface area contributed by atoms with Crippen LogP contribution in [0.25, 0.3) is 0 Å². The van der Waals surface area contributed by atoms with E-state index in [9.17, 15) is 10.2 Å². The molecule has 0 saturated heterocycles. The first-order chi connectivity index (χ1) is 17.0. The van der Waals surface area contributed by atoms with Crippen LogP contribution in [0.4, 0.5) is 0 Å². The van der Waals surface area contributed by atoms with Crippen LogP contribution < -0.4 is 20.5 Å². The quantitative estimate of drug-likeness (QED) is 0.216. The Hall–Kier alpha value is -2.04. The molecule has 0 spiro atoms. The number of nitrogens with one attached hydrogen (secondary N) is 1. The third kappa shape index (κ3) is 10.6. The Balaban J connectivity index is 0.000000212.